The summed E-state index contributed by atoms with van der Waals surface area (Å²) in [5.41, 5.74) is 2.55. The lowest BCUT2D eigenvalue weighted by Gasteiger charge is -2.22. The van der Waals surface area contributed by atoms with Crippen molar-refractivity contribution >= 4 is 23.2 Å². The molecule has 2 aromatic rings. The van der Waals surface area contributed by atoms with E-state index in [1.165, 1.54) is 0 Å². The molecule has 1 amide bonds. The van der Waals surface area contributed by atoms with Gasteiger partial charge in [0.1, 0.15) is 12.4 Å². The number of anilines is 1. The number of nitrogens with zero attached hydrogens (tertiary/aromatic N) is 1. The molecule has 0 atom stereocenters. The van der Waals surface area contributed by atoms with Crippen LogP contribution < -0.4 is 9.64 Å². The normalized spacial score (nSPS) is 18.0. The first-order valence-corrected chi connectivity index (χ1v) is 8.57. The van der Waals surface area contributed by atoms with Crippen LogP contribution in [0.5, 0.6) is 5.75 Å². The van der Waals surface area contributed by atoms with Gasteiger partial charge in [0.15, 0.2) is 0 Å². The van der Waals surface area contributed by atoms with Gasteiger partial charge in [0.2, 0.25) is 0 Å². The largest absolute Gasteiger partial charge is 0.492 e. The van der Waals surface area contributed by atoms with Gasteiger partial charge in [0.25, 0.3) is 11.7 Å². The number of hydrogen-bond donors (Lipinski definition) is 0. The van der Waals surface area contributed by atoms with Crippen molar-refractivity contribution in [1.82, 2.24) is 0 Å². The molecule has 0 bridgehead atoms. The summed E-state index contributed by atoms with van der Waals surface area (Å²) in [5.74, 6) is -0.801. The number of halogens is 1. The minimum atomic E-state index is -1.36. The van der Waals surface area contributed by atoms with E-state index in [1.807, 2.05) is 37.3 Å². The summed E-state index contributed by atoms with van der Waals surface area (Å²) in [7, 11) is 0. The zero-order valence-electron chi connectivity index (χ0n) is 13.8. The highest BCUT2D eigenvalue weighted by Crippen LogP contribution is 2.46. The summed E-state index contributed by atoms with van der Waals surface area (Å²) in [4.78, 5) is 14.6. The van der Waals surface area contributed by atoms with Gasteiger partial charge in [-0.15, -0.1) is 0 Å². The predicted molar refractivity (Wildman–Crippen MR) is 94.1 cm³/mol. The molecule has 2 aliphatic rings. The van der Waals surface area contributed by atoms with Gasteiger partial charge in [-0.1, -0.05) is 23.7 Å². The number of ether oxygens (including phenoxy) is 3. The molecular formula is C19H18ClNO4. The van der Waals surface area contributed by atoms with E-state index >= 15 is 0 Å². The van der Waals surface area contributed by atoms with E-state index in [0.29, 0.717) is 37.0 Å². The smallest absolute Gasteiger partial charge is 0.292 e. The van der Waals surface area contributed by atoms with Crippen LogP contribution in [0.1, 0.15) is 11.1 Å². The van der Waals surface area contributed by atoms with Gasteiger partial charge in [0.05, 0.1) is 25.4 Å². The average molecular weight is 360 g/mol. The van der Waals surface area contributed by atoms with Crippen LogP contribution in [0.3, 0.4) is 0 Å². The Morgan fingerprint density at radius 2 is 2.00 bits per heavy atom. The lowest BCUT2D eigenvalue weighted by molar-refractivity contribution is -0.180. The quantitative estimate of drug-likeness (QED) is 0.840. The molecular weight excluding hydrogens is 342 g/mol. The summed E-state index contributed by atoms with van der Waals surface area (Å²) in [5, 5.41) is 0.544. The molecule has 0 unspecified atom stereocenters. The van der Waals surface area contributed by atoms with Gasteiger partial charge in [-0.3, -0.25) is 4.79 Å². The Morgan fingerprint density at radius 1 is 1.20 bits per heavy atom. The van der Waals surface area contributed by atoms with Gasteiger partial charge in [-0.25, -0.2) is 0 Å². The lowest BCUT2D eigenvalue weighted by Crippen LogP contribution is -2.42. The maximum atomic E-state index is 13.0. The highest BCUT2D eigenvalue weighted by Gasteiger charge is 2.56. The molecule has 0 radical (unpaired) electrons. The predicted octanol–water partition coefficient (Wildman–Crippen LogP) is 3.27. The van der Waals surface area contributed by atoms with Crippen LogP contribution in [-0.2, 0) is 20.1 Å². The standard InChI is InChI=1S/C19H18ClNO4/c1-13-3-2-4-15(11-13)23-8-7-21-17-6-5-14(20)12-16(17)19(18(21)22)24-9-10-25-19/h2-6,11-12H,7-10H2,1H3. The maximum Gasteiger partial charge on any atom is 0.292 e. The Morgan fingerprint density at radius 3 is 2.76 bits per heavy atom. The van der Waals surface area contributed by atoms with Gasteiger partial charge >= 0.3 is 0 Å². The van der Waals surface area contributed by atoms with Crippen LogP contribution >= 0.6 is 11.6 Å². The van der Waals surface area contributed by atoms with Crippen LogP contribution in [0, 0.1) is 6.92 Å². The molecule has 6 heteroatoms. The highest BCUT2D eigenvalue weighted by molar-refractivity contribution is 6.31. The number of carbonyl (C=O) groups is 1. The fourth-order valence-electron chi connectivity index (χ4n) is 3.28. The second kappa shape index (κ2) is 6.33. The number of amides is 1. The molecule has 0 aromatic heterocycles. The van der Waals surface area contributed by atoms with Crippen LogP contribution in [0.4, 0.5) is 5.69 Å². The van der Waals surface area contributed by atoms with E-state index in [0.717, 1.165) is 17.0 Å². The summed E-state index contributed by atoms with van der Waals surface area (Å²) in [6, 6.07) is 13.1. The monoisotopic (exact) mass is 359 g/mol. The van der Waals surface area contributed by atoms with E-state index in [9.17, 15) is 4.79 Å². The number of rotatable bonds is 4. The zero-order chi connectivity index (χ0) is 17.4. The number of aryl methyl sites for hydroxylation is 1. The molecule has 130 valence electrons. The number of fused-ring (bicyclic) bond motifs is 2. The molecule has 0 aliphatic carbocycles. The van der Waals surface area contributed by atoms with Crippen molar-refractivity contribution in [2.75, 3.05) is 31.3 Å². The Labute approximate surface area is 151 Å². The molecule has 0 saturated carbocycles. The molecule has 1 saturated heterocycles. The van der Waals surface area contributed by atoms with Gasteiger partial charge in [-0.05, 0) is 42.8 Å². The Kier molecular flexibility index (Phi) is 4.15. The molecule has 1 spiro atoms. The van der Waals surface area contributed by atoms with Gasteiger partial charge < -0.3 is 19.1 Å². The molecule has 2 aromatic carbocycles. The minimum Gasteiger partial charge on any atom is -0.492 e. The minimum absolute atomic E-state index is 0.227. The van der Waals surface area contributed by atoms with Crippen LogP contribution in [0.2, 0.25) is 5.02 Å². The number of hydrogen-bond acceptors (Lipinski definition) is 4. The molecule has 2 heterocycles. The third-order valence-electron chi connectivity index (χ3n) is 4.40. The van der Waals surface area contributed by atoms with Crippen molar-refractivity contribution in [3.8, 4) is 5.75 Å². The molecule has 2 aliphatic heterocycles. The molecule has 5 nitrogen and oxygen atoms in total. The van der Waals surface area contributed by atoms with Crippen molar-refractivity contribution in [1.29, 1.82) is 0 Å². The number of carbonyl (C=O) groups excluding carboxylic acids is 1. The van der Waals surface area contributed by atoms with E-state index in [4.69, 9.17) is 25.8 Å². The van der Waals surface area contributed by atoms with E-state index in [-0.39, 0.29) is 5.91 Å². The molecule has 0 N–H and O–H groups in total. The molecule has 4 rings (SSSR count). The summed E-state index contributed by atoms with van der Waals surface area (Å²) in [6.07, 6.45) is 0. The highest BCUT2D eigenvalue weighted by atomic mass is 35.5. The fourth-order valence-corrected chi connectivity index (χ4v) is 3.45. The first-order chi connectivity index (χ1) is 12.1. The van der Waals surface area contributed by atoms with Gasteiger partial charge in [0, 0.05) is 10.6 Å². The van der Waals surface area contributed by atoms with Crippen LogP contribution in [0.25, 0.3) is 0 Å². The van der Waals surface area contributed by atoms with E-state index < -0.39 is 5.79 Å². The topological polar surface area (TPSA) is 48.0 Å². The van der Waals surface area contributed by atoms with E-state index in [2.05, 4.69) is 0 Å². The first kappa shape index (κ1) is 16.4. The van der Waals surface area contributed by atoms with Crippen molar-refractivity contribution in [3.05, 3.63) is 58.6 Å². The average Bonchev–Trinajstić information content (AvgIpc) is 3.16. The van der Waals surface area contributed by atoms with E-state index in [1.54, 1.807) is 17.0 Å². The zero-order valence-corrected chi connectivity index (χ0v) is 14.6. The molecule has 1 fully saturated rings. The summed E-state index contributed by atoms with van der Waals surface area (Å²) >= 11 is 6.11. The number of benzene rings is 2. The third kappa shape index (κ3) is 2.78. The Bertz CT molecular complexity index is 817. The molecule has 25 heavy (non-hydrogen) atoms. The van der Waals surface area contributed by atoms with Gasteiger partial charge in [-0.2, -0.15) is 0 Å². The fraction of sp³-hybridized carbons (Fsp3) is 0.316. The second-order valence-corrected chi connectivity index (χ2v) is 6.53. The Hall–Kier alpha value is -2.08. The Balaban J connectivity index is 1.55. The second-order valence-electron chi connectivity index (χ2n) is 6.10. The first-order valence-electron chi connectivity index (χ1n) is 8.19. The van der Waals surface area contributed by atoms with Crippen molar-refractivity contribution in [3.63, 3.8) is 0 Å². The SMILES string of the molecule is Cc1cccc(OCCN2C(=O)C3(OCCO3)c3cc(Cl)ccc32)c1. The summed E-state index contributed by atoms with van der Waals surface area (Å²) in [6.45, 7) is 3.54. The maximum absolute atomic E-state index is 13.0. The van der Waals surface area contributed by atoms with Crippen LogP contribution in [0.15, 0.2) is 42.5 Å². The third-order valence-corrected chi connectivity index (χ3v) is 4.63. The van der Waals surface area contributed by atoms with Crippen molar-refractivity contribution in [2.24, 2.45) is 0 Å². The summed E-state index contributed by atoms with van der Waals surface area (Å²) < 4.78 is 17.2. The van der Waals surface area contributed by atoms with Crippen molar-refractivity contribution < 1.29 is 19.0 Å². The van der Waals surface area contributed by atoms with Crippen molar-refractivity contribution in [2.45, 2.75) is 12.7 Å². The van der Waals surface area contributed by atoms with Crippen LogP contribution in [-0.4, -0.2) is 32.3 Å². The lowest BCUT2D eigenvalue weighted by atomic mass is 10.1.